The quantitative estimate of drug-likeness (QED) is 0.865. The highest BCUT2D eigenvalue weighted by atomic mass is 16.5. The number of aryl methyl sites for hydroxylation is 1. The van der Waals surface area contributed by atoms with E-state index in [0.717, 1.165) is 0 Å². The van der Waals surface area contributed by atoms with Crippen molar-refractivity contribution in [2.24, 2.45) is 0 Å². The number of rotatable bonds is 6. The molecule has 0 spiro atoms. The fraction of sp³-hybridized carbons (Fsp3) is 0.529. The number of hydrogen-bond acceptors (Lipinski definition) is 3. The van der Waals surface area contributed by atoms with Crippen LogP contribution in [0.3, 0.4) is 0 Å². The number of methoxy groups -OCH3 is 1. The maximum atomic E-state index is 12.2. The molecule has 6 nitrogen and oxygen atoms in total. The van der Waals surface area contributed by atoms with Gasteiger partial charge in [0, 0.05) is 20.2 Å². The molecule has 0 saturated carbocycles. The molecule has 1 atom stereocenters. The highest BCUT2D eigenvalue weighted by molar-refractivity contribution is 5.87. The van der Waals surface area contributed by atoms with E-state index in [1.807, 2.05) is 6.07 Å². The predicted octanol–water partition coefficient (Wildman–Crippen LogP) is 1.56. The largest absolute Gasteiger partial charge is 0.383 e. The van der Waals surface area contributed by atoms with Crippen LogP contribution < -0.4 is 5.32 Å². The Morgan fingerprint density at radius 2 is 2.22 bits per heavy atom. The molecule has 23 heavy (non-hydrogen) atoms. The normalized spacial score (nSPS) is 15.9. The highest BCUT2D eigenvalue weighted by Gasteiger charge is 2.30. The van der Waals surface area contributed by atoms with Crippen LogP contribution >= 0.6 is 0 Å². The Hall–Kier alpha value is -2.08. The second-order valence-corrected chi connectivity index (χ2v) is 5.99. The first-order chi connectivity index (χ1) is 11.0. The van der Waals surface area contributed by atoms with Crippen LogP contribution in [-0.2, 0) is 9.53 Å². The third-order valence-electron chi connectivity index (χ3n) is 4.04. The van der Waals surface area contributed by atoms with Crippen molar-refractivity contribution in [2.75, 3.05) is 40.0 Å². The molecule has 1 saturated heterocycles. The van der Waals surface area contributed by atoms with Crippen LogP contribution in [0.25, 0.3) is 0 Å². The van der Waals surface area contributed by atoms with E-state index in [-0.39, 0.29) is 24.4 Å². The zero-order chi connectivity index (χ0) is 16.8. The minimum absolute atomic E-state index is 0.0380. The predicted molar refractivity (Wildman–Crippen MR) is 88.2 cm³/mol. The molecule has 1 fully saturated rings. The van der Waals surface area contributed by atoms with Gasteiger partial charge in [-0.25, -0.2) is 4.79 Å². The van der Waals surface area contributed by atoms with Crippen molar-refractivity contribution in [3.05, 3.63) is 35.4 Å². The van der Waals surface area contributed by atoms with E-state index in [4.69, 9.17) is 4.74 Å². The summed E-state index contributed by atoms with van der Waals surface area (Å²) in [6, 6.07) is 8.07. The highest BCUT2D eigenvalue weighted by Crippen LogP contribution is 2.15. The monoisotopic (exact) mass is 319 g/mol. The van der Waals surface area contributed by atoms with Crippen molar-refractivity contribution in [1.29, 1.82) is 0 Å². The van der Waals surface area contributed by atoms with Gasteiger partial charge in [0.1, 0.15) is 6.54 Å². The lowest BCUT2D eigenvalue weighted by Gasteiger charge is -2.20. The fourth-order valence-corrected chi connectivity index (χ4v) is 2.58. The summed E-state index contributed by atoms with van der Waals surface area (Å²) in [5.74, 6) is 0.186. The van der Waals surface area contributed by atoms with Gasteiger partial charge in [-0.05, 0) is 18.4 Å². The lowest BCUT2D eigenvalue weighted by molar-refractivity contribution is -0.127. The second-order valence-electron chi connectivity index (χ2n) is 5.99. The Labute approximate surface area is 137 Å². The summed E-state index contributed by atoms with van der Waals surface area (Å²) in [4.78, 5) is 27.2. The Morgan fingerprint density at radius 1 is 1.43 bits per heavy atom. The van der Waals surface area contributed by atoms with Crippen LogP contribution in [0.5, 0.6) is 0 Å². The lowest BCUT2D eigenvalue weighted by atomic mass is 9.99. The van der Waals surface area contributed by atoms with Gasteiger partial charge in [0.15, 0.2) is 0 Å². The maximum absolute atomic E-state index is 12.2. The van der Waals surface area contributed by atoms with Crippen LogP contribution in [0.15, 0.2) is 24.3 Å². The number of ether oxygens (including phenoxy) is 1. The number of urea groups is 1. The number of carbonyl (C=O) groups excluding carboxylic acids is 2. The van der Waals surface area contributed by atoms with Crippen LogP contribution in [-0.4, -0.2) is 61.8 Å². The fourth-order valence-electron chi connectivity index (χ4n) is 2.58. The first-order valence-electron chi connectivity index (χ1n) is 7.87. The van der Waals surface area contributed by atoms with Crippen molar-refractivity contribution in [3.63, 3.8) is 0 Å². The zero-order valence-electron chi connectivity index (χ0n) is 14.0. The molecule has 1 heterocycles. The van der Waals surface area contributed by atoms with E-state index in [2.05, 4.69) is 37.4 Å². The number of hydrogen-bond donors (Lipinski definition) is 1. The van der Waals surface area contributed by atoms with Gasteiger partial charge in [-0.1, -0.05) is 36.8 Å². The van der Waals surface area contributed by atoms with Gasteiger partial charge in [-0.3, -0.25) is 9.69 Å². The third-order valence-corrected chi connectivity index (χ3v) is 4.04. The molecular weight excluding hydrogens is 294 g/mol. The average Bonchev–Trinajstić information content (AvgIpc) is 2.91. The summed E-state index contributed by atoms with van der Waals surface area (Å²) < 4.78 is 4.97. The van der Waals surface area contributed by atoms with E-state index < -0.39 is 0 Å². The molecule has 6 heteroatoms. The molecule has 0 unspecified atom stereocenters. The Morgan fingerprint density at radius 3 is 2.91 bits per heavy atom. The van der Waals surface area contributed by atoms with Gasteiger partial charge < -0.3 is 15.0 Å². The number of benzene rings is 1. The van der Waals surface area contributed by atoms with Gasteiger partial charge in [0.2, 0.25) is 5.91 Å². The van der Waals surface area contributed by atoms with Crippen molar-refractivity contribution >= 4 is 11.9 Å². The number of carbonyl (C=O) groups is 2. The summed E-state index contributed by atoms with van der Waals surface area (Å²) >= 11 is 0. The summed E-state index contributed by atoms with van der Waals surface area (Å²) in [5.41, 5.74) is 2.41. The molecule has 2 rings (SSSR count). The van der Waals surface area contributed by atoms with E-state index in [9.17, 15) is 9.59 Å². The molecule has 0 bridgehead atoms. The van der Waals surface area contributed by atoms with Gasteiger partial charge in [-0.15, -0.1) is 0 Å². The molecule has 3 amide bonds. The van der Waals surface area contributed by atoms with E-state index in [1.54, 1.807) is 12.0 Å². The average molecular weight is 319 g/mol. The van der Waals surface area contributed by atoms with E-state index in [0.29, 0.717) is 26.4 Å². The van der Waals surface area contributed by atoms with Crippen LogP contribution in [0.1, 0.15) is 24.0 Å². The Bertz CT molecular complexity index is 562. The van der Waals surface area contributed by atoms with Crippen LogP contribution in [0.2, 0.25) is 0 Å². The molecular formula is C17H25N3O3. The third kappa shape index (κ3) is 4.69. The first kappa shape index (κ1) is 17.3. The van der Waals surface area contributed by atoms with E-state index in [1.165, 1.54) is 16.0 Å². The molecule has 1 aromatic carbocycles. The summed E-state index contributed by atoms with van der Waals surface area (Å²) in [5, 5.41) is 2.92. The van der Waals surface area contributed by atoms with Crippen molar-refractivity contribution < 1.29 is 14.3 Å². The van der Waals surface area contributed by atoms with Crippen LogP contribution in [0.4, 0.5) is 4.79 Å². The number of nitrogens with zero attached hydrogens (tertiary/aromatic N) is 2. The summed E-state index contributed by atoms with van der Waals surface area (Å²) in [6.07, 6.45) is 0. The van der Waals surface area contributed by atoms with Gasteiger partial charge in [0.25, 0.3) is 0 Å². The van der Waals surface area contributed by atoms with E-state index >= 15 is 0 Å². The summed E-state index contributed by atoms with van der Waals surface area (Å²) in [6.45, 7) is 6.13. The molecule has 1 aromatic rings. The lowest BCUT2D eigenvalue weighted by Crippen LogP contribution is -2.41. The Balaban J connectivity index is 1.82. The molecule has 1 N–H and O–H groups in total. The molecule has 0 radical (unpaired) electrons. The first-order valence-corrected chi connectivity index (χ1v) is 7.87. The zero-order valence-corrected chi connectivity index (χ0v) is 14.0. The smallest absolute Gasteiger partial charge is 0.319 e. The van der Waals surface area contributed by atoms with Crippen LogP contribution in [0, 0.1) is 6.92 Å². The van der Waals surface area contributed by atoms with Gasteiger partial charge in [0.05, 0.1) is 13.3 Å². The standard InChI is InChI=1S/C17H25N3O3/c1-13-5-4-6-15(9-13)14(2)10-18-17(22)20-11-16(21)19(12-20)7-8-23-3/h4-6,9,14H,7-8,10-12H2,1-3H3,(H,18,22)/t14-/m1/s1. The van der Waals surface area contributed by atoms with Crippen molar-refractivity contribution in [1.82, 2.24) is 15.1 Å². The molecule has 1 aliphatic heterocycles. The number of nitrogens with one attached hydrogen (secondary N) is 1. The molecule has 126 valence electrons. The maximum Gasteiger partial charge on any atom is 0.319 e. The topological polar surface area (TPSA) is 61.9 Å². The summed E-state index contributed by atoms with van der Waals surface area (Å²) in [7, 11) is 1.59. The van der Waals surface area contributed by atoms with Gasteiger partial charge >= 0.3 is 6.03 Å². The minimum atomic E-state index is -0.197. The molecule has 0 aliphatic carbocycles. The molecule has 1 aliphatic rings. The van der Waals surface area contributed by atoms with Gasteiger partial charge in [-0.2, -0.15) is 0 Å². The van der Waals surface area contributed by atoms with Crippen molar-refractivity contribution in [2.45, 2.75) is 19.8 Å². The number of amides is 3. The Kier molecular flexibility index (Phi) is 5.98. The minimum Gasteiger partial charge on any atom is -0.383 e. The van der Waals surface area contributed by atoms with Crippen molar-refractivity contribution in [3.8, 4) is 0 Å². The second kappa shape index (κ2) is 7.97. The SMILES string of the molecule is COCCN1CN(C(=O)NC[C@@H](C)c2cccc(C)c2)CC1=O. The molecule has 0 aromatic heterocycles.